The first-order chi connectivity index (χ1) is 8.77. The number of nitrogens with two attached hydrogens (primary N) is 1. The molecule has 1 atom stereocenters. The third-order valence-corrected chi connectivity index (χ3v) is 2.45. The Bertz CT molecular complexity index is 623. The highest BCUT2D eigenvalue weighted by Gasteiger charge is 2.34. The van der Waals surface area contributed by atoms with Gasteiger partial charge in [-0.25, -0.2) is 9.50 Å². The molecule has 0 saturated heterocycles. The number of fused-ring (bicyclic) bond motifs is 1. The average Bonchev–Trinajstić information content (AvgIpc) is 2.69. The van der Waals surface area contributed by atoms with Crippen LogP contribution in [0.25, 0.3) is 5.65 Å². The molecular formula is C10H9F3N4O2. The maximum absolute atomic E-state index is 12.5. The summed E-state index contributed by atoms with van der Waals surface area (Å²) in [6.07, 6.45) is -2.42. The number of hydrogen-bond donors (Lipinski definition) is 2. The zero-order valence-electron chi connectivity index (χ0n) is 9.42. The Morgan fingerprint density at radius 1 is 1.53 bits per heavy atom. The summed E-state index contributed by atoms with van der Waals surface area (Å²) >= 11 is 0. The van der Waals surface area contributed by atoms with Crippen molar-refractivity contribution < 1.29 is 23.1 Å². The number of nitrogens with zero attached hydrogens (tertiary/aromatic N) is 3. The molecule has 0 aromatic carbocycles. The van der Waals surface area contributed by atoms with Crippen molar-refractivity contribution in [3.05, 3.63) is 29.7 Å². The largest absolute Gasteiger partial charge is 0.481 e. The maximum Gasteiger partial charge on any atom is 0.435 e. The van der Waals surface area contributed by atoms with E-state index in [9.17, 15) is 18.0 Å². The summed E-state index contributed by atoms with van der Waals surface area (Å²) in [5.41, 5.74) is 4.84. The molecule has 19 heavy (non-hydrogen) atoms. The second-order valence-corrected chi connectivity index (χ2v) is 3.92. The van der Waals surface area contributed by atoms with Gasteiger partial charge in [0.25, 0.3) is 0 Å². The van der Waals surface area contributed by atoms with E-state index in [4.69, 9.17) is 10.8 Å². The van der Waals surface area contributed by atoms with E-state index >= 15 is 0 Å². The predicted octanol–water partition coefficient (Wildman–Crippen LogP) is 1.22. The van der Waals surface area contributed by atoms with E-state index in [0.29, 0.717) is 5.56 Å². The smallest absolute Gasteiger partial charge is 0.435 e. The Labute approximate surface area is 104 Å². The van der Waals surface area contributed by atoms with Crippen LogP contribution in [0.3, 0.4) is 0 Å². The fraction of sp³-hybridized carbons (Fsp3) is 0.300. The molecule has 3 N–H and O–H groups in total. The molecule has 1 unspecified atom stereocenters. The molecule has 2 aromatic rings. The molecule has 0 aliphatic rings. The highest BCUT2D eigenvalue weighted by molar-refractivity contribution is 5.67. The van der Waals surface area contributed by atoms with E-state index in [1.165, 1.54) is 12.4 Å². The van der Waals surface area contributed by atoms with Crippen LogP contribution in [0.4, 0.5) is 13.2 Å². The molecule has 0 saturated carbocycles. The fourth-order valence-electron chi connectivity index (χ4n) is 1.53. The summed E-state index contributed by atoms with van der Waals surface area (Å²) in [6, 6.07) is -0.0556. The predicted molar refractivity (Wildman–Crippen MR) is 57.2 cm³/mol. The van der Waals surface area contributed by atoms with Gasteiger partial charge in [-0.2, -0.15) is 18.3 Å². The summed E-state index contributed by atoms with van der Waals surface area (Å²) in [5, 5.41) is 11.9. The van der Waals surface area contributed by atoms with E-state index in [-0.39, 0.29) is 12.1 Å². The Kier molecular flexibility index (Phi) is 3.14. The van der Waals surface area contributed by atoms with E-state index < -0.39 is 23.9 Å². The van der Waals surface area contributed by atoms with Gasteiger partial charge < -0.3 is 10.8 Å². The van der Waals surface area contributed by atoms with Gasteiger partial charge in [0.15, 0.2) is 11.3 Å². The number of carbonyl (C=O) groups is 1. The van der Waals surface area contributed by atoms with Gasteiger partial charge in [0.05, 0.1) is 6.42 Å². The van der Waals surface area contributed by atoms with Crippen molar-refractivity contribution in [1.82, 2.24) is 14.6 Å². The number of aromatic nitrogens is 3. The molecule has 6 nitrogen and oxygen atoms in total. The van der Waals surface area contributed by atoms with Gasteiger partial charge in [0.1, 0.15) is 0 Å². The van der Waals surface area contributed by atoms with Crippen molar-refractivity contribution in [2.24, 2.45) is 5.73 Å². The minimum Gasteiger partial charge on any atom is -0.481 e. The molecule has 0 fully saturated rings. The molecule has 9 heteroatoms. The van der Waals surface area contributed by atoms with Crippen LogP contribution in [0.2, 0.25) is 0 Å². The number of rotatable bonds is 3. The van der Waals surface area contributed by atoms with Crippen molar-refractivity contribution in [2.75, 3.05) is 0 Å². The van der Waals surface area contributed by atoms with Crippen LogP contribution in [-0.4, -0.2) is 25.7 Å². The van der Waals surface area contributed by atoms with Crippen molar-refractivity contribution >= 4 is 11.6 Å². The van der Waals surface area contributed by atoms with Gasteiger partial charge in [-0.15, -0.1) is 0 Å². The number of hydrogen-bond acceptors (Lipinski definition) is 4. The average molecular weight is 274 g/mol. The summed E-state index contributed by atoms with van der Waals surface area (Å²) in [4.78, 5) is 14.3. The van der Waals surface area contributed by atoms with Crippen LogP contribution in [0.5, 0.6) is 0 Å². The zero-order valence-corrected chi connectivity index (χ0v) is 9.42. The number of aliphatic carboxylic acids is 1. The lowest BCUT2D eigenvalue weighted by molar-refractivity contribution is -0.141. The lowest BCUT2D eigenvalue weighted by atomic mass is 10.1. The van der Waals surface area contributed by atoms with Gasteiger partial charge >= 0.3 is 12.1 Å². The summed E-state index contributed by atoms with van der Waals surface area (Å²) in [6.45, 7) is 0. The molecule has 2 aromatic heterocycles. The summed E-state index contributed by atoms with van der Waals surface area (Å²) in [7, 11) is 0. The normalized spacial score (nSPS) is 13.7. The quantitative estimate of drug-likeness (QED) is 0.877. The highest BCUT2D eigenvalue weighted by Crippen LogP contribution is 2.28. The molecule has 2 heterocycles. The lowest BCUT2D eigenvalue weighted by Gasteiger charge is -2.08. The van der Waals surface area contributed by atoms with Crippen molar-refractivity contribution in [1.29, 1.82) is 0 Å². The summed E-state index contributed by atoms with van der Waals surface area (Å²) in [5.74, 6) is -1.11. The molecule has 0 spiro atoms. The molecule has 0 aliphatic heterocycles. The molecule has 0 bridgehead atoms. The minimum absolute atomic E-state index is 0.0126. The fourth-order valence-corrected chi connectivity index (χ4v) is 1.53. The van der Waals surface area contributed by atoms with Crippen molar-refractivity contribution in [2.45, 2.75) is 18.6 Å². The van der Waals surface area contributed by atoms with E-state index in [1.807, 2.05) is 0 Å². The molecule has 0 aliphatic carbocycles. The number of halogens is 3. The third-order valence-electron chi connectivity index (χ3n) is 2.45. The van der Waals surface area contributed by atoms with E-state index in [1.54, 1.807) is 0 Å². The first-order valence-corrected chi connectivity index (χ1v) is 5.17. The number of carboxylic acid groups (broad SMARTS) is 1. The second-order valence-electron chi connectivity index (χ2n) is 3.92. The van der Waals surface area contributed by atoms with Gasteiger partial charge in [0.2, 0.25) is 0 Å². The Morgan fingerprint density at radius 2 is 2.21 bits per heavy atom. The molecule has 0 amide bonds. The Balaban J connectivity index is 2.38. The number of alkyl halides is 3. The SMILES string of the molecule is NC(CC(=O)O)c1cnc2cc(C(F)(F)F)nn2c1. The van der Waals surface area contributed by atoms with E-state index in [2.05, 4.69) is 10.1 Å². The first-order valence-electron chi connectivity index (χ1n) is 5.17. The second kappa shape index (κ2) is 4.50. The van der Waals surface area contributed by atoms with Gasteiger partial charge in [0, 0.05) is 30.1 Å². The van der Waals surface area contributed by atoms with E-state index in [0.717, 1.165) is 10.6 Å². The zero-order chi connectivity index (χ0) is 14.2. The third kappa shape index (κ3) is 2.81. The van der Waals surface area contributed by atoms with Gasteiger partial charge in [-0.3, -0.25) is 4.79 Å². The highest BCUT2D eigenvalue weighted by atomic mass is 19.4. The Hall–Kier alpha value is -2.16. The van der Waals surface area contributed by atoms with Gasteiger partial charge in [-0.1, -0.05) is 0 Å². The monoisotopic (exact) mass is 274 g/mol. The van der Waals surface area contributed by atoms with Crippen LogP contribution < -0.4 is 5.73 Å². The lowest BCUT2D eigenvalue weighted by Crippen LogP contribution is -2.16. The van der Waals surface area contributed by atoms with Crippen LogP contribution in [0.15, 0.2) is 18.5 Å². The Morgan fingerprint density at radius 3 is 2.79 bits per heavy atom. The van der Waals surface area contributed by atoms with Crippen LogP contribution in [-0.2, 0) is 11.0 Å². The summed E-state index contributed by atoms with van der Waals surface area (Å²) < 4.78 is 38.3. The molecular weight excluding hydrogens is 265 g/mol. The molecule has 2 rings (SSSR count). The van der Waals surface area contributed by atoms with Crippen LogP contribution in [0, 0.1) is 0 Å². The first kappa shape index (κ1) is 13.3. The van der Waals surface area contributed by atoms with Crippen molar-refractivity contribution in [3.8, 4) is 0 Å². The topological polar surface area (TPSA) is 93.5 Å². The minimum atomic E-state index is -4.56. The molecule has 102 valence electrons. The van der Waals surface area contributed by atoms with Crippen LogP contribution >= 0.6 is 0 Å². The van der Waals surface area contributed by atoms with Crippen LogP contribution in [0.1, 0.15) is 23.7 Å². The standard InChI is InChI=1S/C10H9F3N4O2/c11-10(12,13)7-2-8-15-3-5(4-17(8)16-7)6(14)1-9(18)19/h2-4,6H,1,14H2,(H,18,19). The molecule has 0 radical (unpaired) electrons. The number of carboxylic acids is 1. The van der Waals surface area contributed by atoms with Gasteiger partial charge in [-0.05, 0) is 0 Å². The maximum atomic E-state index is 12.5. The van der Waals surface area contributed by atoms with Crippen molar-refractivity contribution in [3.63, 3.8) is 0 Å².